The topological polar surface area (TPSA) is 49.3 Å². The zero-order valence-electron chi connectivity index (χ0n) is 10.2. The van der Waals surface area contributed by atoms with Crippen LogP contribution in [0.5, 0.6) is 0 Å². The van der Waals surface area contributed by atoms with Gasteiger partial charge in [-0.15, -0.1) is 23.1 Å². The Hall–Kier alpha value is -0.520. The summed E-state index contributed by atoms with van der Waals surface area (Å²) in [4.78, 5) is 12.8. The molecule has 3 nitrogen and oxygen atoms in total. The van der Waals surface area contributed by atoms with Crippen molar-refractivity contribution < 1.29 is 9.90 Å². The van der Waals surface area contributed by atoms with Gasteiger partial charge in [-0.1, -0.05) is 13.0 Å². The Morgan fingerprint density at radius 1 is 1.59 bits per heavy atom. The molecule has 5 heteroatoms. The maximum Gasteiger partial charge on any atom is 0.230 e. The highest BCUT2D eigenvalue weighted by atomic mass is 32.2. The normalized spacial score (nSPS) is 14.3. The zero-order valence-corrected chi connectivity index (χ0v) is 11.8. The van der Waals surface area contributed by atoms with Gasteiger partial charge in [-0.25, -0.2) is 0 Å². The molecule has 1 rings (SSSR count). The molecule has 0 bridgehead atoms. The summed E-state index contributed by atoms with van der Waals surface area (Å²) in [5, 5.41) is 14.1. The minimum Gasteiger partial charge on any atom is -0.396 e. The molecule has 0 saturated carbocycles. The third kappa shape index (κ3) is 5.57. The molecular formula is C12H19NO2S2. The third-order valence-electron chi connectivity index (χ3n) is 2.38. The van der Waals surface area contributed by atoms with E-state index in [1.165, 1.54) is 4.88 Å². The van der Waals surface area contributed by atoms with Crippen molar-refractivity contribution in [3.63, 3.8) is 0 Å². The maximum absolute atomic E-state index is 11.7. The summed E-state index contributed by atoms with van der Waals surface area (Å²) in [6.45, 7) is 4.20. The standard InChI is InChI=1S/C12H19NO2S2/c1-9(5-6-14)17-8-12(15)13-10(2)11-4-3-7-16-11/h3-4,7,9-10,14H,5-6,8H2,1-2H3,(H,13,15). The summed E-state index contributed by atoms with van der Waals surface area (Å²) in [5.74, 6) is 0.511. The average Bonchev–Trinajstić information content (AvgIpc) is 2.80. The third-order valence-corrected chi connectivity index (χ3v) is 4.67. The molecular weight excluding hydrogens is 254 g/mol. The van der Waals surface area contributed by atoms with Crippen molar-refractivity contribution in [2.45, 2.75) is 31.6 Å². The lowest BCUT2D eigenvalue weighted by atomic mass is 10.3. The quantitative estimate of drug-likeness (QED) is 0.802. The second-order valence-electron chi connectivity index (χ2n) is 3.94. The van der Waals surface area contributed by atoms with E-state index in [-0.39, 0.29) is 18.6 Å². The van der Waals surface area contributed by atoms with Crippen LogP contribution in [0.15, 0.2) is 17.5 Å². The van der Waals surface area contributed by atoms with Gasteiger partial charge in [-0.2, -0.15) is 0 Å². The smallest absolute Gasteiger partial charge is 0.230 e. The molecule has 0 aliphatic rings. The molecule has 2 atom stereocenters. The Labute approximate surface area is 111 Å². The molecule has 1 amide bonds. The van der Waals surface area contributed by atoms with Crippen molar-refractivity contribution in [1.29, 1.82) is 0 Å². The molecule has 0 saturated heterocycles. The lowest BCUT2D eigenvalue weighted by Crippen LogP contribution is -2.28. The molecule has 1 aromatic rings. The monoisotopic (exact) mass is 273 g/mol. The molecule has 17 heavy (non-hydrogen) atoms. The van der Waals surface area contributed by atoms with Crippen molar-refractivity contribution in [3.05, 3.63) is 22.4 Å². The molecule has 0 fully saturated rings. The van der Waals surface area contributed by atoms with Crippen LogP contribution in [0, 0.1) is 0 Å². The van der Waals surface area contributed by atoms with Crippen LogP contribution in [0.1, 0.15) is 31.2 Å². The van der Waals surface area contributed by atoms with Gasteiger partial charge in [0.05, 0.1) is 11.8 Å². The highest BCUT2D eigenvalue weighted by molar-refractivity contribution is 8.00. The first kappa shape index (κ1) is 14.5. The predicted octanol–water partition coefficient (Wildman–Crippen LogP) is 2.43. The minimum atomic E-state index is 0.0562. The molecule has 2 unspecified atom stereocenters. The number of carbonyl (C=O) groups is 1. The molecule has 0 spiro atoms. The molecule has 1 heterocycles. The van der Waals surface area contributed by atoms with Crippen LogP contribution in [-0.2, 0) is 4.79 Å². The van der Waals surface area contributed by atoms with E-state index in [1.54, 1.807) is 23.1 Å². The number of rotatable bonds is 7. The van der Waals surface area contributed by atoms with E-state index in [4.69, 9.17) is 5.11 Å². The first-order chi connectivity index (χ1) is 8.13. The van der Waals surface area contributed by atoms with Crippen LogP contribution in [-0.4, -0.2) is 28.6 Å². The van der Waals surface area contributed by atoms with Gasteiger partial charge in [0.15, 0.2) is 0 Å². The number of thioether (sulfide) groups is 1. The van der Waals surface area contributed by atoms with Crippen LogP contribution in [0.25, 0.3) is 0 Å². The van der Waals surface area contributed by atoms with Gasteiger partial charge < -0.3 is 10.4 Å². The van der Waals surface area contributed by atoms with Gasteiger partial charge in [0.25, 0.3) is 0 Å². The fourth-order valence-electron chi connectivity index (χ4n) is 1.38. The maximum atomic E-state index is 11.7. The Morgan fingerprint density at radius 3 is 2.94 bits per heavy atom. The number of thiophene rings is 1. The number of nitrogens with one attached hydrogen (secondary N) is 1. The van der Waals surface area contributed by atoms with Crippen LogP contribution >= 0.6 is 23.1 Å². The van der Waals surface area contributed by atoms with E-state index < -0.39 is 0 Å². The Bertz CT molecular complexity index is 327. The number of hydrogen-bond acceptors (Lipinski definition) is 4. The number of amides is 1. The molecule has 0 aromatic carbocycles. The lowest BCUT2D eigenvalue weighted by Gasteiger charge is -2.13. The molecule has 0 radical (unpaired) electrons. The Kier molecular flexibility index (Phi) is 6.62. The summed E-state index contributed by atoms with van der Waals surface area (Å²) < 4.78 is 0. The molecule has 1 aromatic heterocycles. The molecule has 2 N–H and O–H groups in total. The van der Waals surface area contributed by atoms with Crippen molar-refractivity contribution in [1.82, 2.24) is 5.32 Å². The van der Waals surface area contributed by atoms with Gasteiger partial charge in [-0.3, -0.25) is 4.79 Å². The van der Waals surface area contributed by atoms with E-state index in [0.29, 0.717) is 11.0 Å². The first-order valence-corrected chi connectivity index (χ1v) is 7.61. The number of carbonyl (C=O) groups excluding carboxylic acids is 1. The van der Waals surface area contributed by atoms with Gasteiger partial charge >= 0.3 is 0 Å². The second-order valence-corrected chi connectivity index (χ2v) is 6.34. The summed E-state index contributed by atoms with van der Waals surface area (Å²) in [6.07, 6.45) is 0.735. The highest BCUT2D eigenvalue weighted by Crippen LogP contribution is 2.19. The fraction of sp³-hybridized carbons (Fsp3) is 0.583. The largest absolute Gasteiger partial charge is 0.396 e. The Morgan fingerprint density at radius 2 is 2.35 bits per heavy atom. The van der Waals surface area contributed by atoms with Gasteiger partial charge in [-0.05, 0) is 24.8 Å². The number of aliphatic hydroxyl groups excluding tert-OH is 1. The van der Waals surface area contributed by atoms with Crippen molar-refractivity contribution in [2.24, 2.45) is 0 Å². The highest BCUT2D eigenvalue weighted by Gasteiger charge is 2.11. The average molecular weight is 273 g/mol. The van der Waals surface area contributed by atoms with E-state index in [2.05, 4.69) is 5.32 Å². The zero-order chi connectivity index (χ0) is 12.7. The van der Waals surface area contributed by atoms with Crippen molar-refractivity contribution in [3.8, 4) is 0 Å². The molecule has 96 valence electrons. The van der Waals surface area contributed by atoms with Crippen LogP contribution in [0.4, 0.5) is 0 Å². The van der Waals surface area contributed by atoms with Crippen molar-refractivity contribution >= 4 is 29.0 Å². The molecule has 0 aliphatic carbocycles. The summed E-state index contributed by atoms with van der Waals surface area (Å²) in [5.41, 5.74) is 0. The summed E-state index contributed by atoms with van der Waals surface area (Å²) in [6, 6.07) is 4.09. The molecule has 0 aliphatic heterocycles. The fourth-order valence-corrected chi connectivity index (χ4v) is 2.90. The number of hydrogen-bond donors (Lipinski definition) is 2. The SMILES string of the molecule is CC(CCO)SCC(=O)NC(C)c1cccs1. The van der Waals surface area contributed by atoms with Crippen LogP contribution < -0.4 is 5.32 Å². The lowest BCUT2D eigenvalue weighted by molar-refractivity contribution is -0.119. The summed E-state index contributed by atoms with van der Waals surface area (Å²) >= 11 is 3.23. The first-order valence-electron chi connectivity index (χ1n) is 5.68. The van der Waals surface area contributed by atoms with Gasteiger partial charge in [0.2, 0.25) is 5.91 Å². The predicted molar refractivity (Wildman–Crippen MR) is 74.5 cm³/mol. The Balaban J connectivity index is 2.25. The van der Waals surface area contributed by atoms with Crippen LogP contribution in [0.2, 0.25) is 0 Å². The van der Waals surface area contributed by atoms with E-state index in [0.717, 1.165) is 6.42 Å². The van der Waals surface area contributed by atoms with E-state index in [9.17, 15) is 4.79 Å². The van der Waals surface area contributed by atoms with E-state index >= 15 is 0 Å². The van der Waals surface area contributed by atoms with Gasteiger partial charge in [0, 0.05) is 16.7 Å². The van der Waals surface area contributed by atoms with E-state index in [1.807, 2.05) is 31.4 Å². The van der Waals surface area contributed by atoms with Gasteiger partial charge in [0.1, 0.15) is 0 Å². The summed E-state index contributed by atoms with van der Waals surface area (Å²) in [7, 11) is 0. The second kappa shape index (κ2) is 7.74. The number of aliphatic hydroxyl groups is 1. The minimum absolute atomic E-state index is 0.0562. The van der Waals surface area contributed by atoms with Crippen LogP contribution in [0.3, 0.4) is 0 Å². The van der Waals surface area contributed by atoms with Crippen molar-refractivity contribution in [2.75, 3.05) is 12.4 Å².